The van der Waals surface area contributed by atoms with Crippen LogP contribution in [-0.4, -0.2) is 42.4 Å². The largest absolute Gasteiger partial charge is 1.00 e. The number of aliphatic hydroxyl groups is 1. The molecule has 0 amide bonds. The van der Waals surface area contributed by atoms with E-state index < -0.39 is 11.6 Å². The molecule has 2 atom stereocenters. The summed E-state index contributed by atoms with van der Waals surface area (Å²) in [5, 5.41) is 11.4. The fourth-order valence-corrected chi connectivity index (χ4v) is 4.14. The number of benzene rings is 1. The number of hydrogen-bond acceptors (Lipinski definition) is 3. The van der Waals surface area contributed by atoms with Gasteiger partial charge in [0.15, 0.2) is 5.60 Å². The van der Waals surface area contributed by atoms with Crippen molar-refractivity contribution in [1.82, 2.24) is 0 Å². The molecule has 1 aliphatic heterocycles. The van der Waals surface area contributed by atoms with Crippen LogP contribution in [0.25, 0.3) is 0 Å². The van der Waals surface area contributed by atoms with Crippen molar-refractivity contribution in [2.75, 3.05) is 20.6 Å². The van der Waals surface area contributed by atoms with Crippen LogP contribution in [0, 0.1) is 5.92 Å². The van der Waals surface area contributed by atoms with Gasteiger partial charge in [0, 0.05) is 18.8 Å². The molecule has 1 heterocycles. The molecule has 2 fully saturated rings. The van der Waals surface area contributed by atoms with Crippen molar-refractivity contribution >= 4 is 5.97 Å². The molecule has 5 heteroatoms. The second-order valence-corrected chi connectivity index (χ2v) is 7.62. The molecule has 0 spiro atoms. The summed E-state index contributed by atoms with van der Waals surface area (Å²) in [5.41, 5.74) is -0.847. The van der Waals surface area contributed by atoms with Crippen LogP contribution in [0.4, 0.5) is 0 Å². The van der Waals surface area contributed by atoms with Crippen molar-refractivity contribution in [2.24, 2.45) is 5.92 Å². The fourth-order valence-electron chi connectivity index (χ4n) is 4.14. The van der Waals surface area contributed by atoms with Gasteiger partial charge >= 0.3 is 5.97 Å². The lowest BCUT2D eigenvalue weighted by Gasteiger charge is -2.36. The third kappa shape index (κ3) is 3.53. The summed E-state index contributed by atoms with van der Waals surface area (Å²) in [6.07, 6.45) is 5.66. The highest BCUT2D eigenvalue weighted by atomic mass is 79.9. The van der Waals surface area contributed by atoms with Crippen molar-refractivity contribution in [2.45, 2.75) is 50.4 Å². The normalized spacial score (nSPS) is 25.7. The highest BCUT2D eigenvalue weighted by Crippen LogP contribution is 2.42. The number of hydrogen-bond donors (Lipinski definition) is 1. The predicted octanol–water partition coefficient (Wildman–Crippen LogP) is -0.192. The molecule has 0 aromatic heterocycles. The maximum Gasteiger partial charge on any atom is 0.347 e. The minimum absolute atomic E-state index is 0. The predicted molar refractivity (Wildman–Crippen MR) is 88.4 cm³/mol. The van der Waals surface area contributed by atoms with Gasteiger partial charge in [-0.25, -0.2) is 4.79 Å². The molecule has 0 radical (unpaired) electrons. The Hall–Kier alpha value is -0.910. The monoisotopic (exact) mass is 397 g/mol. The van der Waals surface area contributed by atoms with E-state index in [9.17, 15) is 9.90 Å². The first-order chi connectivity index (χ1) is 10.9. The van der Waals surface area contributed by atoms with E-state index in [1.54, 1.807) is 0 Å². The van der Waals surface area contributed by atoms with Gasteiger partial charge in [0.2, 0.25) is 6.23 Å². The van der Waals surface area contributed by atoms with Gasteiger partial charge in [-0.15, -0.1) is 0 Å². The highest BCUT2D eigenvalue weighted by Gasteiger charge is 2.50. The molecular weight excluding hydrogens is 370 g/mol. The Labute approximate surface area is 155 Å². The summed E-state index contributed by atoms with van der Waals surface area (Å²) in [6.45, 7) is 1.01. The summed E-state index contributed by atoms with van der Waals surface area (Å²) in [6, 6.07) is 9.33. The van der Waals surface area contributed by atoms with Gasteiger partial charge in [-0.2, -0.15) is 0 Å². The second kappa shape index (κ2) is 7.54. The Morgan fingerprint density at radius 2 is 1.75 bits per heavy atom. The van der Waals surface area contributed by atoms with E-state index in [2.05, 4.69) is 14.1 Å². The average molecular weight is 398 g/mol. The lowest BCUT2D eigenvalue weighted by Crippen LogP contribution is -3.00. The standard InChI is InChI=1S/C19H28NO3.BrH/c1-20(2)14-8-13-17(20)23-18(21)19(22,16-11-6-7-12-16)15-9-4-3-5-10-15;/h3-5,9-10,16-17,22H,6-8,11-14H2,1-2H3;1H/q+1;/p-1/t17?,19-;/m1./s1. The molecule has 1 aromatic rings. The van der Waals surface area contributed by atoms with Gasteiger partial charge in [-0.1, -0.05) is 43.2 Å². The lowest BCUT2D eigenvalue weighted by molar-refractivity contribution is -0.921. The number of rotatable bonds is 4. The Bertz CT molecular complexity index is 557. The first kappa shape index (κ1) is 19.4. The van der Waals surface area contributed by atoms with E-state index in [0.717, 1.165) is 45.1 Å². The zero-order valence-electron chi connectivity index (χ0n) is 14.6. The van der Waals surface area contributed by atoms with Crippen LogP contribution in [0.2, 0.25) is 0 Å². The van der Waals surface area contributed by atoms with Gasteiger partial charge in [0.1, 0.15) is 0 Å². The number of nitrogens with zero attached hydrogens (tertiary/aromatic N) is 1. The maximum atomic E-state index is 13.0. The molecule has 1 aliphatic carbocycles. The number of carbonyl (C=O) groups is 1. The minimum Gasteiger partial charge on any atom is -1.00 e. The fraction of sp³-hybridized carbons (Fsp3) is 0.632. The summed E-state index contributed by atoms with van der Waals surface area (Å²) in [7, 11) is 4.17. The first-order valence-electron chi connectivity index (χ1n) is 8.76. The third-order valence-electron chi connectivity index (χ3n) is 5.68. The van der Waals surface area contributed by atoms with E-state index in [0.29, 0.717) is 10.0 Å². The van der Waals surface area contributed by atoms with Crippen molar-refractivity contribution in [3.8, 4) is 0 Å². The SMILES string of the molecule is C[N+]1(C)CCCC1OC(=O)[C@@](O)(c1ccccc1)C1CCCC1.[Br-]. The van der Waals surface area contributed by atoms with E-state index in [4.69, 9.17) is 4.74 Å². The van der Waals surface area contributed by atoms with Gasteiger partial charge < -0.3 is 26.8 Å². The smallest absolute Gasteiger partial charge is 0.347 e. The van der Waals surface area contributed by atoms with Gasteiger partial charge in [-0.3, -0.25) is 4.48 Å². The molecule has 1 saturated carbocycles. The van der Waals surface area contributed by atoms with Crippen LogP contribution in [-0.2, 0) is 15.1 Å². The molecule has 24 heavy (non-hydrogen) atoms. The van der Waals surface area contributed by atoms with Crippen LogP contribution in [0.1, 0.15) is 44.1 Å². The summed E-state index contributed by atoms with van der Waals surface area (Å²) < 4.78 is 6.52. The van der Waals surface area contributed by atoms with Crippen molar-refractivity contribution in [3.05, 3.63) is 35.9 Å². The van der Waals surface area contributed by atoms with E-state index in [1.807, 2.05) is 30.3 Å². The quantitative estimate of drug-likeness (QED) is 0.565. The molecule has 0 bridgehead atoms. The first-order valence-corrected chi connectivity index (χ1v) is 8.76. The summed E-state index contributed by atoms with van der Waals surface area (Å²) in [5.74, 6) is -0.511. The van der Waals surface area contributed by atoms with Crippen LogP contribution < -0.4 is 17.0 Å². The average Bonchev–Trinajstić information content (AvgIpc) is 3.18. The van der Waals surface area contributed by atoms with Crippen LogP contribution in [0.15, 0.2) is 30.3 Å². The molecule has 1 N–H and O–H groups in total. The molecular formula is C19H28BrNO3. The number of halogens is 1. The van der Waals surface area contributed by atoms with Crippen molar-refractivity contribution in [1.29, 1.82) is 0 Å². The van der Waals surface area contributed by atoms with E-state index >= 15 is 0 Å². The zero-order valence-corrected chi connectivity index (χ0v) is 16.2. The molecule has 3 rings (SSSR count). The zero-order chi connectivity index (χ0) is 16.5. The number of carbonyl (C=O) groups excluding carboxylic acids is 1. The molecule has 2 aliphatic rings. The second-order valence-electron chi connectivity index (χ2n) is 7.62. The molecule has 4 nitrogen and oxygen atoms in total. The molecule has 1 unspecified atom stereocenters. The Balaban J connectivity index is 0.00000208. The van der Waals surface area contributed by atoms with Crippen LogP contribution >= 0.6 is 0 Å². The van der Waals surface area contributed by atoms with E-state index in [-0.39, 0.29) is 29.1 Å². The lowest BCUT2D eigenvalue weighted by atomic mass is 9.80. The van der Waals surface area contributed by atoms with Crippen LogP contribution in [0.5, 0.6) is 0 Å². The Kier molecular flexibility index (Phi) is 6.10. The Morgan fingerprint density at radius 3 is 2.29 bits per heavy atom. The third-order valence-corrected chi connectivity index (χ3v) is 5.68. The van der Waals surface area contributed by atoms with Crippen LogP contribution in [0.3, 0.4) is 0 Å². The summed E-state index contributed by atoms with van der Waals surface area (Å²) >= 11 is 0. The highest BCUT2D eigenvalue weighted by molar-refractivity contribution is 5.81. The Morgan fingerprint density at radius 1 is 1.12 bits per heavy atom. The van der Waals surface area contributed by atoms with Gasteiger partial charge in [0.25, 0.3) is 0 Å². The number of ether oxygens (including phenoxy) is 1. The van der Waals surface area contributed by atoms with Gasteiger partial charge in [-0.05, 0) is 18.4 Å². The van der Waals surface area contributed by atoms with Crippen molar-refractivity contribution < 1.29 is 36.1 Å². The number of quaternary nitrogens is 1. The number of likely N-dealkylation sites (tertiary alicyclic amines) is 1. The van der Waals surface area contributed by atoms with Crippen molar-refractivity contribution in [3.63, 3.8) is 0 Å². The minimum atomic E-state index is -1.51. The molecule has 1 saturated heterocycles. The summed E-state index contributed by atoms with van der Waals surface area (Å²) in [4.78, 5) is 13.0. The maximum absolute atomic E-state index is 13.0. The van der Waals surface area contributed by atoms with Gasteiger partial charge in [0.05, 0.1) is 20.6 Å². The molecule has 1 aromatic carbocycles. The topological polar surface area (TPSA) is 46.5 Å². The molecule has 134 valence electrons. The number of esters is 1. The van der Waals surface area contributed by atoms with E-state index in [1.165, 1.54) is 0 Å².